The number of imidazole rings is 1. The molecule has 2 N–H and O–H groups in total. The van der Waals surface area contributed by atoms with E-state index in [1.807, 2.05) is 0 Å². The van der Waals surface area contributed by atoms with Crippen LogP contribution in [0.25, 0.3) is 11.0 Å². The third-order valence-corrected chi connectivity index (χ3v) is 3.99. The number of hydrogen-bond acceptors (Lipinski definition) is 2. The summed E-state index contributed by atoms with van der Waals surface area (Å²) in [6, 6.07) is 6.84. The molecular weight excluding hydrogens is 246 g/mol. The molecule has 0 amide bonds. The summed E-state index contributed by atoms with van der Waals surface area (Å²) < 4.78 is 2.35. The summed E-state index contributed by atoms with van der Waals surface area (Å²) in [6.07, 6.45) is 3.42. The van der Waals surface area contributed by atoms with Crippen molar-refractivity contribution in [2.75, 3.05) is 0 Å². The van der Waals surface area contributed by atoms with Gasteiger partial charge < -0.3 is 10.3 Å². The van der Waals surface area contributed by atoms with Gasteiger partial charge in [0.25, 0.3) is 0 Å². The van der Waals surface area contributed by atoms with Crippen molar-refractivity contribution in [3.63, 3.8) is 0 Å². The molecule has 0 aliphatic rings. The van der Waals surface area contributed by atoms with Crippen molar-refractivity contribution in [1.82, 2.24) is 9.55 Å². The van der Waals surface area contributed by atoms with Crippen LogP contribution in [0.15, 0.2) is 18.2 Å². The second-order valence-corrected chi connectivity index (χ2v) is 6.02. The smallest absolute Gasteiger partial charge is 0.112 e. The van der Waals surface area contributed by atoms with E-state index in [4.69, 9.17) is 10.7 Å². The predicted molar refractivity (Wildman–Crippen MR) is 86.1 cm³/mol. The Labute approximate surface area is 122 Å². The Kier molecular flexibility index (Phi) is 4.81. The zero-order valence-electron chi connectivity index (χ0n) is 13.2. The second kappa shape index (κ2) is 6.40. The van der Waals surface area contributed by atoms with E-state index in [0.717, 1.165) is 24.9 Å². The molecule has 1 heterocycles. The van der Waals surface area contributed by atoms with E-state index >= 15 is 0 Å². The lowest BCUT2D eigenvalue weighted by atomic mass is 10.0. The van der Waals surface area contributed by atoms with Crippen LogP contribution in [0, 0.1) is 6.92 Å². The highest BCUT2D eigenvalue weighted by molar-refractivity contribution is 5.77. The molecule has 0 bridgehead atoms. The molecule has 0 saturated heterocycles. The van der Waals surface area contributed by atoms with Crippen LogP contribution >= 0.6 is 0 Å². The monoisotopic (exact) mass is 273 g/mol. The summed E-state index contributed by atoms with van der Waals surface area (Å²) >= 11 is 0. The number of hydrogen-bond donors (Lipinski definition) is 1. The summed E-state index contributed by atoms with van der Waals surface area (Å²) in [5, 5.41) is 0. The first-order valence-corrected chi connectivity index (χ1v) is 7.75. The maximum Gasteiger partial charge on any atom is 0.112 e. The van der Waals surface area contributed by atoms with Crippen molar-refractivity contribution >= 4 is 11.0 Å². The molecule has 20 heavy (non-hydrogen) atoms. The van der Waals surface area contributed by atoms with Gasteiger partial charge in [0.15, 0.2) is 0 Å². The van der Waals surface area contributed by atoms with Crippen molar-refractivity contribution in [3.05, 3.63) is 29.6 Å². The van der Waals surface area contributed by atoms with Gasteiger partial charge >= 0.3 is 0 Å². The van der Waals surface area contributed by atoms with Crippen molar-refractivity contribution < 1.29 is 0 Å². The summed E-state index contributed by atoms with van der Waals surface area (Å²) in [5.74, 6) is 1.71. The average molecular weight is 273 g/mol. The zero-order valence-corrected chi connectivity index (χ0v) is 13.2. The van der Waals surface area contributed by atoms with E-state index < -0.39 is 0 Å². The Hall–Kier alpha value is -1.35. The maximum absolute atomic E-state index is 5.83. The van der Waals surface area contributed by atoms with E-state index in [9.17, 15) is 0 Å². The zero-order chi connectivity index (χ0) is 14.7. The quantitative estimate of drug-likeness (QED) is 0.865. The van der Waals surface area contributed by atoms with Crippen LogP contribution < -0.4 is 5.73 Å². The molecule has 2 aromatic rings. The molecule has 2 atom stereocenters. The number of aryl methyl sites for hydroxylation is 2. The first-order chi connectivity index (χ1) is 9.52. The third kappa shape index (κ3) is 3.21. The van der Waals surface area contributed by atoms with Gasteiger partial charge in [-0.2, -0.15) is 0 Å². The second-order valence-electron chi connectivity index (χ2n) is 6.02. The van der Waals surface area contributed by atoms with Gasteiger partial charge in [0.05, 0.1) is 11.0 Å². The first kappa shape index (κ1) is 15.0. The fourth-order valence-electron chi connectivity index (χ4n) is 2.84. The number of fused-ring (bicyclic) bond motifs is 1. The lowest BCUT2D eigenvalue weighted by Crippen LogP contribution is -2.14. The molecule has 0 saturated carbocycles. The van der Waals surface area contributed by atoms with Gasteiger partial charge in [-0.1, -0.05) is 19.4 Å². The molecular formula is C17H27N3. The van der Waals surface area contributed by atoms with Gasteiger partial charge in [-0.15, -0.1) is 0 Å². The first-order valence-electron chi connectivity index (χ1n) is 7.75. The molecule has 0 radical (unpaired) electrons. The van der Waals surface area contributed by atoms with Gasteiger partial charge in [0.2, 0.25) is 0 Å². The summed E-state index contributed by atoms with van der Waals surface area (Å²) in [5.41, 5.74) is 9.49. The van der Waals surface area contributed by atoms with Crippen LogP contribution in [0.5, 0.6) is 0 Å². The standard InChI is InChI=1S/C17H27N3/c1-5-20-16-10-9-12(2)11-15(16)19-17(20)13(3)7-6-8-14(4)18/h9-11,13-14H,5-8,18H2,1-4H3. The minimum absolute atomic E-state index is 0.301. The number of aromatic nitrogens is 2. The molecule has 110 valence electrons. The molecule has 0 aliphatic heterocycles. The Morgan fingerprint density at radius 1 is 1.25 bits per heavy atom. The molecule has 3 nitrogen and oxygen atoms in total. The molecule has 2 rings (SSSR count). The number of rotatable bonds is 6. The van der Waals surface area contributed by atoms with Gasteiger partial charge in [-0.25, -0.2) is 4.98 Å². The van der Waals surface area contributed by atoms with Crippen molar-refractivity contribution in [3.8, 4) is 0 Å². The molecule has 0 aliphatic carbocycles. The number of nitrogens with zero attached hydrogens (tertiary/aromatic N) is 2. The van der Waals surface area contributed by atoms with Gasteiger partial charge in [-0.05, 0) is 51.3 Å². The van der Waals surface area contributed by atoms with Crippen LogP contribution in [0.4, 0.5) is 0 Å². The van der Waals surface area contributed by atoms with Gasteiger partial charge in [0.1, 0.15) is 5.82 Å². The van der Waals surface area contributed by atoms with E-state index in [-0.39, 0.29) is 0 Å². The molecule has 3 heteroatoms. The highest BCUT2D eigenvalue weighted by atomic mass is 15.1. The Bertz CT molecular complexity index is 569. The normalized spacial score (nSPS) is 14.7. The van der Waals surface area contributed by atoms with Crippen molar-refractivity contribution in [2.45, 2.75) is 65.5 Å². The van der Waals surface area contributed by atoms with Gasteiger partial charge in [-0.3, -0.25) is 0 Å². The minimum Gasteiger partial charge on any atom is -0.328 e. The SMILES string of the molecule is CCn1c(C(C)CCCC(C)N)nc2cc(C)ccc21. The molecule has 0 fully saturated rings. The van der Waals surface area contributed by atoms with E-state index in [2.05, 4.69) is 50.5 Å². The Morgan fingerprint density at radius 3 is 2.65 bits per heavy atom. The predicted octanol–water partition coefficient (Wildman–Crippen LogP) is 3.99. The molecule has 1 aromatic carbocycles. The third-order valence-electron chi connectivity index (χ3n) is 3.99. The summed E-state index contributed by atoms with van der Waals surface area (Å²) in [6.45, 7) is 9.65. The van der Waals surface area contributed by atoms with Crippen LogP contribution in [0.3, 0.4) is 0 Å². The van der Waals surface area contributed by atoms with Crippen LogP contribution in [0.2, 0.25) is 0 Å². The largest absolute Gasteiger partial charge is 0.328 e. The highest BCUT2D eigenvalue weighted by Gasteiger charge is 2.15. The minimum atomic E-state index is 0.301. The van der Waals surface area contributed by atoms with E-state index in [1.54, 1.807) is 0 Å². The Morgan fingerprint density at radius 2 is 2.00 bits per heavy atom. The maximum atomic E-state index is 5.83. The summed E-state index contributed by atoms with van der Waals surface area (Å²) in [7, 11) is 0. The van der Waals surface area contributed by atoms with Crippen molar-refractivity contribution in [2.24, 2.45) is 5.73 Å². The highest BCUT2D eigenvalue weighted by Crippen LogP contribution is 2.26. The lowest BCUT2D eigenvalue weighted by molar-refractivity contribution is 0.528. The lowest BCUT2D eigenvalue weighted by Gasteiger charge is -2.14. The van der Waals surface area contributed by atoms with Crippen molar-refractivity contribution in [1.29, 1.82) is 0 Å². The van der Waals surface area contributed by atoms with E-state index in [0.29, 0.717) is 12.0 Å². The molecule has 0 spiro atoms. The van der Waals surface area contributed by atoms with Crippen LogP contribution in [0.1, 0.15) is 57.3 Å². The fourth-order valence-corrected chi connectivity index (χ4v) is 2.84. The van der Waals surface area contributed by atoms with E-state index in [1.165, 1.54) is 23.3 Å². The average Bonchev–Trinajstić information content (AvgIpc) is 2.75. The topological polar surface area (TPSA) is 43.8 Å². The number of nitrogens with two attached hydrogens (primary N) is 1. The Balaban J connectivity index is 2.24. The molecule has 2 unspecified atom stereocenters. The number of benzene rings is 1. The summed E-state index contributed by atoms with van der Waals surface area (Å²) in [4.78, 5) is 4.87. The van der Waals surface area contributed by atoms with Gasteiger partial charge in [0, 0.05) is 18.5 Å². The van der Waals surface area contributed by atoms with Crippen LogP contribution in [-0.2, 0) is 6.54 Å². The molecule has 1 aromatic heterocycles. The van der Waals surface area contributed by atoms with Crippen LogP contribution in [-0.4, -0.2) is 15.6 Å². The fraction of sp³-hybridized carbons (Fsp3) is 0.588.